The highest BCUT2D eigenvalue weighted by Crippen LogP contribution is 2.68. The number of Topliss-reactive ketones (excluding diaryl/α,β-unsaturated/α-hetero) is 1. The van der Waals surface area contributed by atoms with Gasteiger partial charge in [-0.15, -0.1) is 0 Å². The number of allylic oxidation sites excluding steroid dienone is 4. The van der Waals surface area contributed by atoms with E-state index in [4.69, 9.17) is 9.47 Å². The third-order valence-corrected chi connectivity index (χ3v) is 9.35. The molecule has 0 aliphatic heterocycles. The van der Waals surface area contributed by atoms with Crippen LogP contribution < -0.4 is 0 Å². The molecule has 0 aromatic heterocycles. The van der Waals surface area contributed by atoms with Gasteiger partial charge in [0.05, 0.1) is 0 Å². The zero-order chi connectivity index (χ0) is 22.8. The molecule has 6 unspecified atom stereocenters. The highest BCUT2D eigenvalue weighted by Gasteiger charge is 2.67. The highest BCUT2D eigenvalue weighted by molar-refractivity contribution is 5.89. The van der Waals surface area contributed by atoms with Crippen LogP contribution >= 0.6 is 0 Å². The molecule has 0 saturated heterocycles. The molecule has 4 aliphatic carbocycles. The van der Waals surface area contributed by atoms with E-state index in [1.165, 1.54) is 25.0 Å². The summed E-state index contributed by atoms with van der Waals surface area (Å²) in [5, 5.41) is 0. The number of hydrogen-bond donors (Lipinski definition) is 0. The number of fused-ring (bicyclic) bond motifs is 5. The number of ketones is 1. The number of carbonyl (C=O) groups excluding carboxylic acids is 3. The van der Waals surface area contributed by atoms with E-state index in [1.807, 2.05) is 0 Å². The van der Waals surface area contributed by atoms with Gasteiger partial charge in [-0.3, -0.25) is 14.4 Å². The molecule has 0 bridgehead atoms. The van der Waals surface area contributed by atoms with Crippen LogP contribution in [0, 0.1) is 28.6 Å². The molecule has 2 saturated carbocycles. The van der Waals surface area contributed by atoms with E-state index in [-0.39, 0.29) is 28.6 Å². The molecule has 2 fully saturated rings. The summed E-state index contributed by atoms with van der Waals surface area (Å²) in [6.07, 6.45) is 8.36. The number of ether oxygens (including phenoxy) is 2. The molecule has 0 radical (unpaired) electrons. The van der Waals surface area contributed by atoms with Gasteiger partial charge in [-0.2, -0.15) is 0 Å². The molecule has 4 rings (SSSR count). The van der Waals surface area contributed by atoms with E-state index in [9.17, 15) is 14.4 Å². The summed E-state index contributed by atoms with van der Waals surface area (Å²) in [6.45, 7) is 11.3. The molecule has 0 amide bonds. The van der Waals surface area contributed by atoms with Crippen molar-refractivity contribution >= 4 is 17.7 Å². The first-order chi connectivity index (χ1) is 14.4. The van der Waals surface area contributed by atoms with Gasteiger partial charge < -0.3 is 9.47 Å². The van der Waals surface area contributed by atoms with E-state index in [2.05, 4.69) is 26.8 Å². The van der Waals surface area contributed by atoms with Crippen molar-refractivity contribution < 1.29 is 23.9 Å². The van der Waals surface area contributed by atoms with Crippen molar-refractivity contribution in [1.82, 2.24) is 0 Å². The molecule has 170 valence electrons. The van der Waals surface area contributed by atoms with Crippen LogP contribution in [0.5, 0.6) is 0 Å². The van der Waals surface area contributed by atoms with Crippen molar-refractivity contribution in [3.63, 3.8) is 0 Å². The zero-order valence-corrected chi connectivity index (χ0v) is 19.8. The molecular weight excluding hydrogens is 392 g/mol. The van der Waals surface area contributed by atoms with Crippen molar-refractivity contribution in [2.75, 3.05) is 0 Å². The lowest BCUT2D eigenvalue weighted by Gasteiger charge is -2.59. The van der Waals surface area contributed by atoms with Gasteiger partial charge in [-0.25, -0.2) is 0 Å². The predicted molar refractivity (Wildman–Crippen MR) is 117 cm³/mol. The van der Waals surface area contributed by atoms with Gasteiger partial charge in [0.15, 0.2) is 11.4 Å². The summed E-state index contributed by atoms with van der Waals surface area (Å²) in [7, 11) is 0. The Hall–Kier alpha value is -1.91. The lowest BCUT2D eigenvalue weighted by Crippen LogP contribution is -2.58. The minimum absolute atomic E-state index is 0.00672. The third-order valence-electron chi connectivity index (χ3n) is 9.35. The van der Waals surface area contributed by atoms with Crippen LogP contribution in [0.15, 0.2) is 23.0 Å². The average molecular weight is 429 g/mol. The maximum atomic E-state index is 12.9. The Bertz CT molecular complexity index is 897. The second kappa shape index (κ2) is 7.31. The second-order valence-corrected chi connectivity index (χ2v) is 10.9. The lowest BCUT2D eigenvalue weighted by molar-refractivity contribution is -0.186. The fraction of sp³-hybridized carbons (Fsp3) is 0.731. The summed E-state index contributed by atoms with van der Waals surface area (Å²) < 4.78 is 11.3. The fourth-order valence-corrected chi connectivity index (χ4v) is 8.06. The molecule has 0 aromatic rings. The monoisotopic (exact) mass is 428 g/mol. The van der Waals surface area contributed by atoms with E-state index in [0.717, 1.165) is 44.3 Å². The molecule has 4 aliphatic rings. The summed E-state index contributed by atoms with van der Waals surface area (Å²) in [6, 6.07) is 0. The van der Waals surface area contributed by atoms with Gasteiger partial charge in [0.25, 0.3) is 0 Å². The zero-order valence-electron chi connectivity index (χ0n) is 19.8. The topological polar surface area (TPSA) is 69.7 Å². The summed E-state index contributed by atoms with van der Waals surface area (Å²) >= 11 is 0. The maximum Gasteiger partial charge on any atom is 0.307 e. The van der Waals surface area contributed by atoms with Crippen molar-refractivity contribution in [2.45, 2.75) is 92.1 Å². The van der Waals surface area contributed by atoms with E-state index in [0.29, 0.717) is 24.2 Å². The Balaban J connectivity index is 1.72. The quantitative estimate of drug-likeness (QED) is 0.572. The van der Waals surface area contributed by atoms with E-state index < -0.39 is 5.60 Å². The Kier molecular flexibility index (Phi) is 5.26. The van der Waals surface area contributed by atoms with Crippen LogP contribution in [0.2, 0.25) is 0 Å². The van der Waals surface area contributed by atoms with E-state index >= 15 is 0 Å². The normalized spacial score (nSPS) is 41.5. The molecule has 0 aromatic carbocycles. The third kappa shape index (κ3) is 3.14. The fourth-order valence-electron chi connectivity index (χ4n) is 8.06. The van der Waals surface area contributed by atoms with Crippen molar-refractivity contribution in [3.8, 4) is 0 Å². The van der Waals surface area contributed by atoms with Crippen LogP contribution in [-0.2, 0) is 23.9 Å². The van der Waals surface area contributed by atoms with Crippen LogP contribution in [-0.4, -0.2) is 23.3 Å². The van der Waals surface area contributed by atoms with Crippen LogP contribution in [0.25, 0.3) is 0 Å². The Morgan fingerprint density at radius 1 is 0.968 bits per heavy atom. The smallest absolute Gasteiger partial charge is 0.307 e. The Labute approximate surface area is 185 Å². The SMILES string of the molecule is CC(=O)OC1=CC2=C(C)CC3C(CCC4(C)C3CCC4(OC(C)=O)C(C)=O)C2(C)CC1. The molecule has 6 atom stereocenters. The van der Waals surface area contributed by atoms with Gasteiger partial charge in [0.1, 0.15) is 5.76 Å². The number of rotatable bonds is 3. The first-order valence-electron chi connectivity index (χ1n) is 11.7. The Morgan fingerprint density at radius 2 is 1.65 bits per heavy atom. The minimum Gasteiger partial charge on any atom is -0.451 e. The standard InChI is InChI=1S/C26H36O5/c1-15-13-20-21(24(5)10-7-19(14-23(15)24)30-17(3)28)8-11-25(6)22(20)9-12-26(25,16(2)27)31-18(4)29/h14,20-22H,7-13H2,1-6H3. The van der Waals surface area contributed by atoms with Gasteiger partial charge >= 0.3 is 11.9 Å². The maximum absolute atomic E-state index is 12.9. The minimum atomic E-state index is -0.984. The van der Waals surface area contributed by atoms with Crippen molar-refractivity contribution in [2.24, 2.45) is 28.6 Å². The highest BCUT2D eigenvalue weighted by atomic mass is 16.6. The average Bonchev–Trinajstić information content (AvgIpc) is 2.96. The van der Waals surface area contributed by atoms with Crippen LogP contribution in [0.1, 0.15) is 86.5 Å². The molecule has 0 heterocycles. The molecule has 31 heavy (non-hydrogen) atoms. The largest absolute Gasteiger partial charge is 0.451 e. The summed E-state index contributed by atoms with van der Waals surface area (Å²) in [5.74, 6) is 1.53. The molecule has 5 nitrogen and oxygen atoms in total. The van der Waals surface area contributed by atoms with Crippen LogP contribution in [0.4, 0.5) is 0 Å². The predicted octanol–water partition coefficient (Wildman–Crippen LogP) is 5.29. The molecule has 0 spiro atoms. The number of esters is 2. The van der Waals surface area contributed by atoms with Crippen molar-refractivity contribution in [1.29, 1.82) is 0 Å². The van der Waals surface area contributed by atoms with Gasteiger partial charge in [0, 0.05) is 25.7 Å². The number of hydrogen-bond acceptors (Lipinski definition) is 5. The molecular formula is C26H36O5. The summed E-state index contributed by atoms with van der Waals surface area (Å²) in [4.78, 5) is 36.3. The van der Waals surface area contributed by atoms with E-state index in [1.54, 1.807) is 6.92 Å². The first kappa shape index (κ1) is 22.3. The summed E-state index contributed by atoms with van der Waals surface area (Å²) in [5.41, 5.74) is 1.47. The van der Waals surface area contributed by atoms with Crippen molar-refractivity contribution in [3.05, 3.63) is 23.0 Å². The molecule has 5 heteroatoms. The lowest BCUT2D eigenvalue weighted by atomic mass is 9.46. The second-order valence-electron chi connectivity index (χ2n) is 10.9. The van der Waals surface area contributed by atoms with Gasteiger partial charge in [-0.1, -0.05) is 19.4 Å². The van der Waals surface area contributed by atoms with Gasteiger partial charge in [0.2, 0.25) is 0 Å². The van der Waals surface area contributed by atoms with Crippen LogP contribution in [0.3, 0.4) is 0 Å². The number of carbonyl (C=O) groups is 3. The van der Waals surface area contributed by atoms with Gasteiger partial charge in [-0.05, 0) is 87.2 Å². The Morgan fingerprint density at radius 3 is 2.26 bits per heavy atom. The molecule has 0 N–H and O–H groups in total. The first-order valence-corrected chi connectivity index (χ1v) is 11.7.